The third kappa shape index (κ3) is 3.47. The number of amides is 3. The molecule has 1 saturated carbocycles. The van der Waals surface area contributed by atoms with Gasteiger partial charge in [0, 0.05) is 6.04 Å². The molecule has 0 bridgehead atoms. The lowest BCUT2D eigenvalue weighted by molar-refractivity contribution is -0.143. The molecule has 1 aromatic rings. The number of hydrogen-bond acceptors (Lipinski definition) is 4. The molecule has 2 atom stereocenters. The van der Waals surface area contributed by atoms with Gasteiger partial charge in [-0.25, -0.2) is 0 Å². The molecule has 2 aliphatic rings. The van der Waals surface area contributed by atoms with Crippen molar-refractivity contribution in [3.8, 4) is 0 Å². The molecule has 3 amide bonds. The molecule has 1 aromatic carbocycles. The number of carboxylic acids is 1. The Labute approximate surface area is 151 Å². The third-order valence-corrected chi connectivity index (χ3v) is 5.11. The number of fused-ring (bicyclic) bond motifs is 1. The van der Waals surface area contributed by atoms with Crippen molar-refractivity contribution < 1.29 is 24.3 Å². The highest BCUT2D eigenvalue weighted by atomic mass is 16.4. The smallest absolute Gasteiger partial charge is 0.308 e. The molecule has 7 nitrogen and oxygen atoms in total. The summed E-state index contributed by atoms with van der Waals surface area (Å²) in [6.45, 7) is 1.43. The zero-order valence-electron chi connectivity index (χ0n) is 14.7. The topological polar surface area (TPSA) is 104 Å². The van der Waals surface area contributed by atoms with E-state index in [-0.39, 0.29) is 0 Å². The number of benzene rings is 1. The lowest BCUT2D eigenvalue weighted by atomic mass is 9.95. The van der Waals surface area contributed by atoms with Crippen LogP contribution in [0.25, 0.3) is 0 Å². The van der Waals surface area contributed by atoms with Crippen LogP contribution < -0.4 is 5.32 Å². The van der Waals surface area contributed by atoms with E-state index in [0.29, 0.717) is 24.0 Å². The summed E-state index contributed by atoms with van der Waals surface area (Å²) in [6.07, 6.45) is 3.71. The van der Waals surface area contributed by atoms with Crippen LogP contribution in [0.4, 0.5) is 0 Å². The van der Waals surface area contributed by atoms with Crippen molar-refractivity contribution >= 4 is 23.7 Å². The number of carbonyl (C=O) groups excluding carboxylic acids is 3. The lowest BCUT2D eigenvalue weighted by Gasteiger charge is -2.24. The van der Waals surface area contributed by atoms with Gasteiger partial charge in [-0.2, -0.15) is 0 Å². The van der Waals surface area contributed by atoms with Crippen molar-refractivity contribution in [3.05, 3.63) is 34.9 Å². The normalized spacial score (nSPS) is 22.7. The Kier molecular flexibility index (Phi) is 5.06. The van der Waals surface area contributed by atoms with Gasteiger partial charge in [-0.15, -0.1) is 0 Å². The van der Waals surface area contributed by atoms with Crippen LogP contribution in [0.1, 0.15) is 58.4 Å². The first-order chi connectivity index (χ1) is 12.4. The number of carboxylic acid groups (broad SMARTS) is 1. The minimum absolute atomic E-state index is 0.297. The number of rotatable bonds is 4. The van der Waals surface area contributed by atoms with Crippen molar-refractivity contribution in [2.45, 2.75) is 45.1 Å². The largest absolute Gasteiger partial charge is 0.481 e. The average Bonchev–Trinajstić information content (AvgIpc) is 2.76. The highest BCUT2D eigenvalue weighted by Gasteiger charge is 2.37. The van der Waals surface area contributed by atoms with E-state index in [4.69, 9.17) is 0 Å². The molecule has 1 aliphatic carbocycles. The number of carbonyl (C=O) groups is 4. The van der Waals surface area contributed by atoms with Gasteiger partial charge >= 0.3 is 5.97 Å². The van der Waals surface area contributed by atoms with Crippen LogP contribution in [-0.2, 0) is 9.59 Å². The molecule has 26 heavy (non-hydrogen) atoms. The minimum Gasteiger partial charge on any atom is -0.481 e. The summed E-state index contributed by atoms with van der Waals surface area (Å²) in [6, 6.07) is 4.50. The number of nitrogens with zero attached hydrogens (tertiary/aromatic N) is 1. The Morgan fingerprint density at radius 3 is 2.54 bits per heavy atom. The molecule has 1 fully saturated rings. The van der Waals surface area contributed by atoms with E-state index in [0.717, 1.165) is 29.7 Å². The molecule has 0 aromatic heterocycles. The first kappa shape index (κ1) is 18.1. The van der Waals surface area contributed by atoms with Gasteiger partial charge in [0.05, 0.1) is 17.0 Å². The molecule has 2 N–H and O–H groups in total. The average molecular weight is 358 g/mol. The predicted molar refractivity (Wildman–Crippen MR) is 92.7 cm³/mol. The molecule has 3 rings (SSSR count). The second-order valence-corrected chi connectivity index (χ2v) is 7.00. The summed E-state index contributed by atoms with van der Waals surface area (Å²) in [4.78, 5) is 49.6. The van der Waals surface area contributed by atoms with Gasteiger partial charge in [0.1, 0.15) is 6.54 Å². The molecular formula is C19H22N2O5. The fraction of sp³-hybridized carbons (Fsp3) is 0.474. The number of imide groups is 1. The molecule has 1 aliphatic heterocycles. The Bertz CT molecular complexity index is 773. The second kappa shape index (κ2) is 7.27. The van der Waals surface area contributed by atoms with Crippen LogP contribution in [0.15, 0.2) is 18.2 Å². The van der Waals surface area contributed by atoms with Gasteiger partial charge in [0.2, 0.25) is 5.91 Å². The van der Waals surface area contributed by atoms with E-state index >= 15 is 0 Å². The van der Waals surface area contributed by atoms with Crippen molar-refractivity contribution in [3.63, 3.8) is 0 Å². The molecule has 0 spiro atoms. The van der Waals surface area contributed by atoms with Crippen molar-refractivity contribution in [2.75, 3.05) is 6.54 Å². The molecule has 0 unspecified atom stereocenters. The highest BCUT2D eigenvalue weighted by molar-refractivity contribution is 6.22. The first-order valence-electron chi connectivity index (χ1n) is 8.87. The number of aliphatic carboxylic acids is 1. The van der Waals surface area contributed by atoms with E-state index in [1.54, 1.807) is 18.2 Å². The van der Waals surface area contributed by atoms with Gasteiger partial charge in [0.15, 0.2) is 0 Å². The quantitative estimate of drug-likeness (QED) is 0.630. The molecule has 0 radical (unpaired) electrons. The minimum atomic E-state index is -0.923. The monoisotopic (exact) mass is 358 g/mol. The highest BCUT2D eigenvalue weighted by Crippen LogP contribution is 2.25. The van der Waals surface area contributed by atoms with Crippen LogP contribution >= 0.6 is 0 Å². The third-order valence-electron chi connectivity index (χ3n) is 5.11. The number of hydrogen-bond donors (Lipinski definition) is 2. The lowest BCUT2D eigenvalue weighted by Crippen LogP contribution is -2.47. The Hall–Kier alpha value is -2.70. The molecule has 138 valence electrons. The summed E-state index contributed by atoms with van der Waals surface area (Å²) < 4.78 is 0. The first-order valence-corrected chi connectivity index (χ1v) is 8.87. The van der Waals surface area contributed by atoms with E-state index in [1.807, 2.05) is 6.92 Å². The maximum Gasteiger partial charge on any atom is 0.308 e. The number of nitrogens with one attached hydrogen (secondary N) is 1. The Balaban J connectivity index is 1.69. The van der Waals surface area contributed by atoms with Gasteiger partial charge in [-0.3, -0.25) is 24.1 Å². The maximum atomic E-state index is 12.4. The van der Waals surface area contributed by atoms with Crippen molar-refractivity contribution in [2.24, 2.45) is 5.92 Å². The van der Waals surface area contributed by atoms with Crippen LogP contribution in [0, 0.1) is 12.8 Å². The van der Waals surface area contributed by atoms with Gasteiger partial charge in [-0.1, -0.05) is 30.9 Å². The zero-order chi connectivity index (χ0) is 18.8. The second-order valence-electron chi connectivity index (χ2n) is 7.00. The molecule has 0 saturated heterocycles. The predicted octanol–water partition coefficient (Wildman–Crippen LogP) is 1.74. The van der Waals surface area contributed by atoms with Crippen LogP contribution in [0.5, 0.6) is 0 Å². The van der Waals surface area contributed by atoms with E-state index < -0.39 is 42.2 Å². The fourth-order valence-corrected chi connectivity index (χ4v) is 3.72. The van der Waals surface area contributed by atoms with Gasteiger partial charge < -0.3 is 10.4 Å². The Morgan fingerprint density at radius 2 is 1.81 bits per heavy atom. The van der Waals surface area contributed by atoms with Crippen molar-refractivity contribution in [1.82, 2.24) is 10.2 Å². The molecule has 7 heteroatoms. The van der Waals surface area contributed by atoms with Crippen molar-refractivity contribution in [1.29, 1.82) is 0 Å². The summed E-state index contributed by atoms with van der Waals surface area (Å²) in [5, 5.41) is 12.1. The SMILES string of the molecule is Cc1ccc2c(c1)C(=O)N(CC(=O)N[C@H]1CCCCC[C@H]1C(=O)O)C2=O. The van der Waals surface area contributed by atoms with Crippen LogP contribution in [0.3, 0.4) is 0 Å². The maximum absolute atomic E-state index is 12.4. The van der Waals surface area contributed by atoms with E-state index in [1.165, 1.54) is 0 Å². The summed E-state index contributed by atoms with van der Waals surface area (Å²) >= 11 is 0. The van der Waals surface area contributed by atoms with E-state index in [2.05, 4.69) is 5.32 Å². The van der Waals surface area contributed by atoms with E-state index in [9.17, 15) is 24.3 Å². The van der Waals surface area contributed by atoms with Gasteiger partial charge in [0.25, 0.3) is 11.8 Å². The number of aryl methyl sites for hydroxylation is 1. The van der Waals surface area contributed by atoms with Gasteiger partial charge in [-0.05, 0) is 31.9 Å². The summed E-state index contributed by atoms with van der Waals surface area (Å²) in [7, 11) is 0. The molecular weight excluding hydrogens is 336 g/mol. The standard InChI is InChI=1S/C19H22N2O5/c1-11-7-8-12-14(9-11)18(24)21(17(12)23)10-16(22)20-15-6-4-2-3-5-13(15)19(25)26/h7-9,13,15H,2-6,10H2,1H3,(H,20,22)(H,25,26)/t13-,15+/m1/s1. The van der Waals surface area contributed by atoms with Crippen LogP contribution in [-0.4, -0.2) is 46.3 Å². The molecule has 1 heterocycles. The summed E-state index contributed by atoms with van der Waals surface area (Å²) in [5.74, 6) is -3.04. The fourth-order valence-electron chi connectivity index (χ4n) is 3.72. The summed E-state index contributed by atoms with van der Waals surface area (Å²) in [5.41, 5.74) is 1.46. The Morgan fingerprint density at radius 1 is 1.12 bits per heavy atom. The zero-order valence-corrected chi connectivity index (χ0v) is 14.7. The van der Waals surface area contributed by atoms with Crippen LogP contribution in [0.2, 0.25) is 0 Å².